The molecular weight excluding hydrogens is 316 g/mol. The molecule has 1 fully saturated rings. The molecule has 1 aliphatic heterocycles. The van der Waals surface area contributed by atoms with Gasteiger partial charge in [0, 0.05) is 22.0 Å². The van der Waals surface area contributed by atoms with Gasteiger partial charge in [-0.1, -0.05) is 11.6 Å². The summed E-state index contributed by atoms with van der Waals surface area (Å²) in [5, 5.41) is 0.367. The fraction of sp³-hybridized carbons (Fsp3) is 0.538. The molecule has 0 bridgehead atoms. The molecule has 3 N–H and O–H groups in total. The Morgan fingerprint density at radius 3 is 2.75 bits per heavy atom. The van der Waals surface area contributed by atoms with Gasteiger partial charge in [0.2, 0.25) is 10.0 Å². The number of thioether (sulfide) groups is 1. The molecule has 0 radical (unpaired) electrons. The molecule has 4 nitrogen and oxygen atoms in total. The Hall–Kier alpha value is -0.430. The van der Waals surface area contributed by atoms with Gasteiger partial charge in [0.15, 0.2) is 0 Å². The Kier molecular flexibility index (Phi) is 4.59. The topological polar surface area (TPSA) is 72.2 Å². The summed E-state index contributed by atoms with van der Waals surface area (Å²) in [5.41, 5.74) is 6.87. The molecule has 1 aliphatic rings. The minimum absolute atomic E-state index is 0.0207. The maximum atomic E-state index is 12.3. The molecule has 0 aliphatic carbocycles. The molecule has 112 valence electrons. The molecule has 0 aromatic heterocycles. The van der Waals surface area contributed by atoms with E-state index in [-0.39, 0.29) is 9.64 Å². The van der Waals surface area contributed by atoms with E-state index in [1.807, 2.05) is 11.8 Å². The van der Waals surface area contributed by atoms with Crippen LogP contribution >= 0.6 is 23.4 Å². The van der Waals surface area contributed by atoms with Crippen molar-refractivity contribution < 1.29 is 8.42 Å². The fourth-order valence-corrected chi connectivity index (χ4v) is 4.99. The molecule has 0 spiro atoms. The number of benzene rings is 1. The van der Waals surface area contributed by atoms with Crippen LogP contribution < -0.4 is 10.5 Å². The van der Waals surface area contributed by atoms with Crippen LogP contribution in [0, 0.1) is 6.92 Å². The Morgan fingerprint density at radius 1 is 1.50 bits per heavy atom. The molecule has 0 amide bonds. The van der Waals surface area contributed by atoms with E-state index < -0.39 is 10.0 Å². The van der Waals surface area contributed by atoms with Crippen LogP contribution in [-0.2, 0) is 10.0 Å². The lowest BCUT2D eigenvalue weighted by Gasteiger charge is -2.23. The van der Waals surface area contributed by atoms with Gasteiger partial charge in [-0.15, -0.1) is 0 Å². The van der Waals surface area contributed by atoms with E-state index in [2.05, 4.69) is 11.6 Å². The van der Waals surface area contributed by atoms with E-state index in [9.17, 15) is 8.42 Å². The fourth-order valence-electron chi connectivity index (χ4n) is 2.14. The highest BCUT2D eigenvalue weighted by atomic mass is 35.5. The minimum atomic E-state index is -3.58. The first-order valence-electron chi connectivity index (χ1n) is 6.43. The molecule has 20 heavy (non-hydrogen) atoms. The zero-order valence-corrected chi connectivity index (χ0v) is 14.0. The van der Waals surface area contributed by atoms with Crippen molar-refractivity contribution >= 4 is 39.1 Å². The van der Waals surface area contributed by atoms with Gasteiger partial charge in [0.1, 0.15) is 0 Å². The highest BCUT2D eigenvalue weighted by molar-refractivity contribution is 8.01. The van der Waals surface area contributed by atoms with Crippen LogP contribution in [0.3, 0.4) is 0 Å². The second-order valence-electron chi connectivity index (χ2n) is 5.35. The van der Waals surface area contributed by atoms with Gasteiger partial charge in [-0.3, -0.25) is 0 Å². The van der Waals surface area contributed by atoms with Crippen molar-refractivity contribution in [1.82, 2.24) is 4.72 Å². The first kappa shape index (κ1) is 15.9. The molecule has 7 heteroatoms. The van der Waals surface area contributed by atoms with Crippen LogP contribution in [-0.4, -0.2) is 25.5 Å². The molecule has 1 unspecified atom stereocenters. The van der Waals surface area contributed by atoms with Crippen molar-refractivity contribution in [3.05, 3.63) is 22.7 Å². The lowest BCUT2D eigenvalue weighted by molar-refractivity contribution is 0.552. The third kappa shape index (κ3) is 3.42. The second-order valence-corrected chi connectivity index (χ2v) is 9.20. The van der Waals surface area contributed by atoms with Crippen molar-refractivity contribution in [2.45, 2.75) is 36.3 Å². The largest absolute Gasteiger partial charge is 0.398 e. The average molecular weight is 335 g/mol. The lowest BCUT2D eigenvalue weighted by atomic mass is 10.1. The molecule has 1 heterocycles. The number of nitrogens with two attached hydrogens (primary N) is 1. The molecule has 1 saturated heterocycles. The van der Waals surface area contributed by atoms with Crippen molar-refractivity contribution in [3.63, 3.8) is 0 Å². The van der Waals surface area contributed by atoms with Crippen molar-refractivity contribution in [2.24, 2.45) is 0 Å². The predicted octanol–water partition coefficient (Wildman–Crippen LogP) is 2.79. The van der Waals surface area contributed by atoms with Crippen LogP contribution in [0.1, 0.15) is 25.3 Å². The summed E-state index contributed by atoms with van der Waals surface area (Å²) in [6, 6.07) is 2.90. The quantitative estimate of drug-likeness (QED) is 0.830. The summed E-state index contributed by atoms with van der Waals surface area (Å²) in [5.74, 6) is 1.08. The normalized spacial score (nSPS) is 23.1. The summed E-state index contributed by atoms with van der Waals surface area (Å²) in [4.78, 5) is 0.122. The number of rotatable bonds is 4. The van der Waals surface area contributed by atoms with Crippen molar-refractivity contribution in [2.75, 3.05) is 18.0 Å². The first-order chi connectivity index (χ1) is 9.23. The summed E-state index contributed by atoms with van der Waals surface area (Å²) >= 11 is 7.82. The average Bonchev–Trinajstić information content (AvgIpc) is 2.81. The number of anilines is 1. The van der Waals surface area contributed by atoms with Crippen LogP contribution in [0.2, 0.25) is 5.02 Å². The number of hydrogen-bond donors (Lipinski definition) is 2. The van der Waals surface area contributed by atoms with Crippen molar-refractivity contribution in [1.29, 1.82) is 0 Å². The Balaban J connectivity index is 2.18. The number of nitrogens with one attached hydrogen (secondary N) is 1. The monoisotopic (exact) mass is 334 g/mol. The number of nitrogen functional groups attached to an aromatic ring is 1. The zero-order valence-electron chi connectivity index (χ0n) is 11.6. The molecule has 2 rings (SSSR count). The van der Waals surface area contributed by atoms with Gasteiger partial charge < -0.3 is 5.73 Å². The highest BCUT2D eigenvalue weighted by Gasteiger charge is 2.31. The van der Waals surface area contributed by atoms with E-state index in [1.165, 1.54) is 12.1 Å². The van der Waals surface area contributed by atoms with E-state index in [0.717, 1.165) is 18.6 Å². The molecular formula is C13H19ClN2O2S2. The smallest absolute Gasteiger partial charge is 0.240 e. The van der Waals surface area contributed by atoms with Gasteiger partial charge in [0.05, 0.1) is 4.90 Å². The standard InChI is InChI=1S/C13H19ClN2O2S2/c1-9-11(14)6-10(7-12(9)15)20(17,18)16-8-13(2)4-3-5-19-13/h6-7,16H,3-5,8,15H2,1-2H3. The Morgan fingerprint density at radius 2 is 2.20 bits per heavy atom. The van der Waals surface area contributed by atoms with Gasteiger partial charge in [-0.25, -0.2) is 13.1 Å². The Labute approximate surface area is 129 Å². The lowest BCUT2D eigenvalue weighted by Crippen LogP contribution is -2.36. The summed E-state index contributed by atoms with van der Waals surface area (Å²) < 4.78 is 27.3. The van der Waals surface area contributed by atoms with E-state index in [1.54, 1.807) is 6.92 Å². The molecule has 1 atom stereocenters. The summed E-state index contributed by atoms with van der Waals surface area (Å²) in [6.45, 7) is 4.27. The number of sulfonamides is 1. The first-order valence-corrected chi connectivity index (χ1v) is 9.27. The number of hydrogen-bond acceptors (Lipinski definition) is 4. The zero-order chi connectivity index (χ0) is 15.0. The molecule has 1 aromatic carbocycles. The summed E-state index contributed by atoms with van der Waals surface area (Å²) in [6.07, 6.45) is 2.16. The van der Waals surface area contributed by atoms with Gasteiger partial charge >= 0.3 is 0 Å². The predicted molar refractivity (Wildman–Crippen MR) is 85.9 cm³/mol. The van der Waals surface area contributed by atoms with Crippen LogP contribution in [0.5, 0.6) is 0 Å². The van der Waals surface area contributed by atoms with Crippen LogP contribution in [0.25, 0.3) is 0 Å². The van der Waals surface area contributed by atoms with E-state index in [0.29, 0.717) is 22.8 Å². The maximum absolute atomic E-state index is 12.3. The summed E-state index contributed by atoms with van der Waals surface area (Å²) in [7, 11) is -3.58. The Bertz CT molecular complexity index is 588. The SMILES string of the molecule is Cc1c(N)cc(S(=O)(=O)NCC2(C)CCCS2)cc1Cl. The van der Waals surface area contributed by atoms with Crippen LogP contribution in [0.4, 0.5) is 5.69 Å². The van der Waals surface area contributed by atoms with Crippen molar-refractivity contribution in [3.8, 4) is 0 Å². The second kappa shape index (κ2) is 5.75. The van der Waals surface area contributed by atoms with E-state index >= 15 is 0 Å². The maximum Gasteiger partial charge on any atom is 0.240 e. The van der Waals surface area contributed by atoms with E-state index in [4.69, 9.17) is 17.3 Å². The van der Waals surface area contributed by atoms with Gasteiger partial charge in [-0.2, -0.15) is 11.8 Å². The number of halogens is 1. The molecule has 1 aromatic rings. The van der Waals surface area contributed by atoms with Gasteiger partial charge in [-0.05, 0) is 50.1 Å². The van der Waals surface area contributed by atoms with Crippen LogP contribution in [0.15, 0.2) is 17.0 Å². The van der Waals surface area contributed by atoms with Gasteiger partial charge in [0.25, 0.3) is 0 Å². The molecule has 0 saturated carbocycles. The third-order valence-corrected chi connectivity index (χ3v) is 6.92. The third-order valence-electron chi connectivity index (χ3n) is 3.60. The highest BCUT2D eigenvalue weighted by Crippen LogP contribution is 2.37. The minimum Gasteiger partial charge on any atom is -0.398 e.